The summed E-state index contributed by atoms with van der Waals surface area (Å²) in [6, 6.07) is 6.70. The van der Waals surface area contributed by atoms with E-state index in [0.717, 1.165) is 16.3 Å². The zero-order valence-corrected chi connectivity index (χ0v) is 12.2. The molecule has 104 valence electrons. The summed E-state index contributed by atoms with van der Waals surface area (Å²) in [4.78, 5) is 0. The molecule has 0 amide bonds. The lowest BCUT2D eigenvalue weighted by molar-refractivity contribution is 0.350. The highest BCUT2D eigenvalue weighted by Gasteiger charge is 2.05. The minimum absolute atomic E-state index is 0.227. The Kier molecular flexibility index (Phi) is 4.83. The van der Waals surface area contributed by atoms with Crippen LogP contribution in [0, 0.1) is 24.6 Å². The predicted molar refractivity (Wildman–Crippen MR) is 77.9 cm³/mol. The van der Waals surface area contributed by atoms with E-state index in [1.54, 1.807) is 11.8 Å². The molecule has 0 saturated heterocycles. The number of aliphatic hydroxyl groups is 1. The summed E-state index contributed by atoms with van der Waals surface area (Å²) in [6.45, 7) is 1.71. The number of nitrogens with zero attached hydrogens (tertiary/aromatic N) is 2. The van der Waals surface area contributed by atoms with Gasteiger partial charge in [0.15, 0.2) is 0 Å². The summed E-state index contributed by atoms with van der Waals surface area (Å²) in [5.41, 5.74) is 2.40. The fourth-order valence-electron chi connectivity index (χ4n) is 1.83. The van der Waals surface area contributed by atoms with Gasteiger partial charge in [0.1, 0.15) is 12.4 Å². The fourth-order valence-corrected chi connectivity index (χ4v) is 2.79. The summed E-state index contributed by atoms with van der Waals surface area (Å²) in [5, 5.41) is 14.0. The normalized spacial score (nSPS) is 10.2. The molecular weight excluding hydrogens is 275 g/mol. The fraction of sp³-hybridized carbons (Fsp3) is 0.267. The van der Waals surface area contributed by atoms with Gasteiger partial charge in [-0.2, -0.15) is 5.10 Å². The van der Waals surface area contributed by atoms with Gasteiger partial charge in [-0.25, -0.2) is 4.39 Å². The van der Waals surface area contributed by atoms with E-state index >= 15 is 0 Å². The third-order valence-electron chi connectivity index (χ3n) is 2.62. The largest absolute Gasteiger partial charge is 0.384 e. The molecule has 0 atom stereocenters. The zero-order valence-electron chi connectivity index (χ0n) is 11.4. The monoisotopic (exact) mass is 290 g/mol. The van der Waals surface area contributed by atoms with E-state index in [0.29, 0.717) is 11.3 Å². The molecule has 1 heterocycles. The van der Waals surface area contributed by atoms with E-state index in [1.165, 1.54) is 12.1 Å². The summed E-state index contributed by atoms with van der Waals surface area (Å²) in [6.07, 6.45) is 0. The van der Waals surface area contributed by atoms with Crippen LogP contribution in [0.1, 0.15) is 16.8 Å². The Labute approximate surface area is 121 Å². The number of rotatable bonds is 3. The number of hydrogen-bond acceptors (Lipinski definition) is 3. The third kappa shape index (κ3) is 3.86. The maximum Gasteiger partial charge on any atom is 0.124 e. The first-order valence-corrected chi connectivity index (χ1v) is 7.09. The van der Waals surface area contributed by atoms with Crippen molar-refractivity contribution in [1.29, 1.82) is 0 Å². The van der Waals surface area contributed by atoms with Crippen molar-refractivity contribution in [2.75, 3.05) is 6.61 Å². The number of thioether (sulfide) groups is 1. The molecule has 0 radical (unpaired) electrons. The number of aromatic nitrogens is 2. The van der Waals surface area contributed by atoms with E-state index in [9.17, 15) is 4.39 Å². The summed E-state index contributed by atoms with van der Waals surface area (Å²) >= 11 is 1.60. The van der Waals surface area contributed by atoms with Crippen molar-refractivity contribution >= 4 is 11.8 Å². The quantitative estimate of drug-likeness (QED) is 0.697. The standard InChI is InChI=1S/C15H15FN2OS/c1-11-6-15(18(2)17-11)20-10-13-7-12(4-3-5-19)8-14(16)9-13/h6-9,19H,5,10H2,1-2H3. The molecule has 20 heavy (non-hydrogen) atoms. The second-order valence-corrected chi connectivity index (χ2v) is 5.34. The van der Waals surface area contributed by atoms with Gasteiger partial charge in [-0.3, -0.25) is 4.68 Å². The van der Waals surface area contributed by atoms with E-state index in [-0.39, 0.29) is 12.4 Å². The first kappa shape index (κ1) is 14.6. The van der Waals surface area contributed by atoms with Crippen LogP contribution in [0.25, 0.3) is 0 Å². The van der Waals surface area contributed by atoms with Crippen LogP contribution in [0.4, 0.5) is 4.39 Å². The van der Waals surface area contributed by atoms with Crippen LogP contribution in [0.3, 0.4) is 0 Å². The molecule has 0 aliphatic carbocycles. The van der Waals surface area contributed by atoms with Gasteiger partial charge >= 0.3 is 0 Å². The Morgan fingerprint density at radius 1 is 1.35 bits per heavy atom. The molecule has 3 nitrogen and oxygen atoms in total. The van der Waals surface area contributed by atoms with Crippen molar-refractivity contribution in [2.45, 2.75) is 17.7 Å². The van der Waals surface area contributed by atoms with Crippen molar-refractivity contribution in [3.63, 3.8) is 0 Å². The Morgan fingerprint density at radius 2 is 2.15 bits per heavy atom. The number of hydrogen-bond donors (Lipinski definition) is 1. The van der Waals surface area contributed by atoms with Crippen LogP contribution >= 0.6 is 11.8 Å². The second kappa shape index (κ2) is 6.60. The lowest BCUT2D eigenvalue weighted by Crippen LogP contribution is -1.93. The van der Waals surface area contributed by atoms with Crippen LogP contribution in [0.15, 0.2) is 29.3 Å². The predicted octanol–water partition coefficient (Wildman–Crippen LogP) is 2.50. The maximum atomic E-state index is 13.5. The van der Waals surface area contributed by atoms with Gasteiger partial charge in [-0.15, -0.1) is 11.8 Å². The van der Waals surface area contributed by atoms with E-state index in [4.69, 9.17) is 5.11 Å². The summed E-state index contributed by atoms with van der Waals surface area (Å²) in [7, 11) is 1.89. The zero-order chi connectivity index (χ0) is 14.5. The molecular formula is C15H15FN2OS. The van der Waals surface area contributed by atoms with Gasteiger partial charge in [-0.05, 0) is 36.8 Å². The highest BCUT2D eigenvalue weighted by atomic mass is 32.2. The van der Waals surface area contributed by atoms with Crippen LogP contribution < -0.4 is 0 Å². The van der Waals surface area contributed by atoms with Crippen molar-refractivity contribution < 1.29 is 9.50 Å². The molecule has 1 N–H and O–H groups in total. The molecule has 1 aromatic carbocycles. The molecule has 0 unspecified atom stereocenters. The van der Waals surface area contributed by atoms with Crippen LogP contribution in [-0.4, -0.2) is 21.5 Å². The molecule has 1 aromatic heterocycles. The van der Waals surface area contributed by atoms with Crippen molar-refractivity contribution in [2.24, 2.45) is 7.05 Å². The Balaban J connectivity index is 2.13. The first-order chi connectivity index (χ1) is 9.58. The number of benzene rings is 1. The van der Waals surface area contributed by atoms with Crippen molar-refractivity contribution in [1.82, 2.24) is 9.78 Å². The average molecular weight is 290 g/mol. The first-order valence-electron chi connectivity index (χ1n) is 6.11. The van der Waals surface area contributed by atoms with E-state index in [1.807, 2.05) is 30.8 Å². The smallest absolute Gasteiger partial charge is 0.124 e. The second-order valence-electron chi connectivity index (χ2n) is 4.34. The topological polar surface area (TPSA) is 38.0 Å². The molecule has 0 bridgehead atoms. The summed E-state index contributed by atoms with van der Waals surface area (Å²) < 4.78 is 15.3. The molecule has 0 aliphatic heterocycles. The molecule has 5 heteroatoms. The van der Waals surface area contributed by atoms with Gasteiger partial charge in [0.2, 0.25) is 0 Å². The SMILES string of the molecule is Cc1cc(SCc2cc(F)cc(C#CCO)c2)n(C)n1. The highest BCUT2D eigenvalue weighted by molar-refractivity contribution is 7.98. The molecule has 0 aliphatic rings. The molecule has 0 fully saturated rings. The minimum atomic E-state index is -0.313. The molecule has 2 aromatic rings. The van der Waals surface area contributed by atoms with Crippen molar-refractivity contribution in [3.8, 4) is 11.8 Å². The highest BCUT2D eigenvalue weighted by Crippen LogP contribution is 2.23. The summed E-state index contributed by atoms with van der Waals surface area (Å²) in [5.74, 6) is 5.58. The van der Waals surface area contributed by atoms with Gasteiger partial charge in [0.25, 0.3) is 0 Å². The van der Waals surface area contributed by atoms with Gasteiger partial charge in [-0.1, -0.05) is 11.8 Å². The van der Waals surface area contributed by atoms with E-state index < -0.39 is 0 Å². The number of aliphatic hydroxyl groups excluding tert-OH is 1. The van der Waals surface area contributed by atoms with Crippen LogP contribution in [0.2, 0.25) is 0 Å². The molecule has 0 saturated carbocycles. The Morgan fingerprint density at radius 3 is 2.80 bits per heavy atom. The number of halogens is 1. The minimum Gasteiger partial charge on any atom is -0.384 e. The van der Waals surface area contributed by atoms with Gasteiger partial charge in [0.05, 0.1) is 10.7 Å². The van der Waals surface area contributed by atoms with Gasteiger partial charge in [0, 0.05) is 18.4 Å². The maximum absolute atomic E-state index is 13.5. The third-order valence-corrected chi connectivity index (χ3v) is 3.77. The average Bonchev–Trinajstić information content (AvgIpc) is 2.72. The number of aryl methyl sites for hydroxylation is 2. The van der Waals surface area contributed by atoms with E-state index in [2.05, 4.69) is 16.9 Å². The molecule has 2 rings (SSSR count). The Hall–Kier alpha value is -1.77. The Bertz CT molecular complexity index is 670. The van der Waals surface area contributed by atoms with Crippen molar-refractivity contribution in [3.05, 3.63) is 46.9 Å². The lowest BCUT2D eigenvalue weighted by Gasteiger charge is -2.03. The van der Waals surface area contributed by atoms with Gasteiger partial charge < -0.3 is 5.11 Å². The van der Waals surface area contributed by atoms with Crippen LogP contribution in [-0.2, 0) is 12.8 Å². The lowest BCUT2D eigenvalue weighted by atomic mass is 10.1. The van der Waals surface area contributed by atoms with Crippen LogP contribution in [0.5, 0.6) is 0 Å². The molecule has 0 spiro atoms.